The zero-order valence-corrected chi connectivity index (χ0v) is 14.3. The Hall–Kier alpha value is -3.04. The molecule has 3 rings (SSSR count). The lowest BCUT2D eigenvalue weighted by Gasteiger charge is -2.05. The molecule has 6 nitrogen and oxygen atoms in total. The number of pyridine rings is 1. The molecule has 0 aromatic carbocycles. The van der Waals surface area contributed by atoms with Crippen molar-refractivity contribution in [3.63, 3.8) is 0 Å². The third-order valence-corrected chi connectivity index (χ3v) is 3.56. The number of amides is 1. The van der Waals surface area contributed by atoms with E-state index in [2.05, 4.69) is 22.1 Å². The normalized spacial score (nSPS) is 11.2. The Bertz CT molecular complexity index is 981. The topological polar surface area (TPSA) is 79.8 Å². The molecule has 3 aromatic heterocycles. The van der Waals surface area contributed by atoms with Crippen molar-refractivity contribution >= 4 is 11.6 Å². The monoisotopic (exact) mass is 337 g/mol. The number of hydrogen-bond donors (Lipinski definition) is 2. The number of carbonyl (C=O) groups is 1. The van der Waals surface area contributed by atoms with Gasteiger partial charge in [-0.2, -0.15) is 0 Å². The summed E-state index contributed by atoms with van der Waals surface area (Å²) in [5, 5.41) is 12.4. The number of rotatable bonds is 3. The average molecular weight is 337 g/mol. The van der Waals surface area contributed by atoms with Crippen LogP contribution in [0.2, 0.25) is 0 Å². The van der Waals surface area contributed by atoms with Crippen molar-refractivity contribution in [3.8, 4) is 11.8 Å². The number of nitrogens with zero attached hydrogens (tertiary/aromatic N) is 2. The van der Waals surface area contributed by atoms with Gasteiger partial charge in [-0.3, -0.25) is 4.79 Å². The highest BCUT2D eigenvalue weighted by Gasteiger charge is 2.12. The predicted molar refractivity (Wildman–Crippen MR) is 93.0 cm³/mol. The number of nitrogens with one attached hydrogen (secondary N) is 1. The van der Waals surface area contributed by atoms with Gasteiger partial charge < -0.3 is 19.2 Å². The van der Waals surface area contributed by atoms with Crippen LogP contribution in [0.15, 0.2) is 41.1 Å². The van der Waals surface area contributed by atoms with E-state index in [1.165, 1.54) is 0 Å². The van der Waals surface area contributed by atoms with Crippen molar-refractivity contribution in [1.29, 1.82) is 0 Å². The van der Waals surface area contributed by atoms with Gasteiger partial charge in [-0.05, 0) is 50.5 Å². The number of aliphatic hydroxyl groups is 1. The van der Waals surface area contributed by atoms with Crippen LogP contribution in [0, 0.1) is 18.8 Å². The molecule has 2 N–H and O–H groups in total. The van der Waals surface area contributed by atoms with E-state index in [4.69, 9.17) is 4.42 Å². The van der Waals surface area contributed by atoms with Crippen LogP contribution in [0.5, 0.6) is 0 Å². The van der Waals surface area contributed by atoms with Gasteiger partial charge in [-0.15, -0.1) is 0 Å². The van der Waals surface area contributed by atoms with Crippen molar-refractivity contribution < 1.29 is 14.3 Å². The average Bonchev–Trinajstić information content (AvgIpc) is 3.18. The largest absolute Gasteiger partial charge is 0.443 e. The minimum atomic E-state index is -1.11. The van der Waals surface area contributed by atoms with Crippen molar-refractivity contribution in [2.45, 2.75) is 32.9 Å². The van der Waals surface area contributed by atoms with Gasteiger partial charge in [0.05, 0.1) is 18.4 Å². The number of imidazole rings is 1. The highest BCUT2D eigenvalue weighted by Crippen LogP contribution is 2.12. The van der Waals surface area contributed by atoms with E-state index in [0.29, 0.717) is 12.3 Å². The molecule has 6 heteroatoms. The summed E-state index contributed by atoms with van der Waals surface area (Å²) < 4.78 is 7.34. The molecule has 0 unspecified atom stereocenters. The molecule has 0 aliphatic rings. The number of fused-ring (bicyclic) bond motifs is 1. The second-order valence-electron chi connectivity index (χ2n) is 6.29. The van der Waals surface area contributed by atoms with Gasteiger partial charge in [-0.1, -0.05) is 12.0 Å². The van der Waals surface area contributed by atoms with E-state index in [1.54, 1.807) is 32.2 Å². The Morgan fingerprint density at radius 2 is 2.20 bits per heavy atom. The van der Waals surface area contributed by atoms with E-state index in [1.807, 2.05) is 29.7 Å². The Morgan fingerprint density at radius 3 is 2.96 bits per heavy atom. The molecule has 128 valence electrons. The van der Waals surface area contributed by atoms with Gasteiger partial charge in [-0.25, -0.2) is 4.98 Å². The first-order chi connectivity index (χ1) is 11.8. The summed E-state index contributed by atoms with van der Waals surface area (Å²) >= 11 is 0. The predicted octanol–water partition coefficient (Wildman–Crippen LogP) is 2.29. The van der Waals surface area contributed by atoms with Crippen LogP contribution in [0.3, 0.4) is 0 Å². The molecular formula is C19H19N3O3. The smallest absolute Gasteiger partial charge is 0.287 e. The molecule has 0 fully saturated rings. The molecule has 0 aliphatic heterocycles. The number of hydrogen-bond acceptors (Lipinski definition) is 4. The van der Waals surface area contributed by atoms with Gasteiger partial charge in [0.15, 0.2) is 11.5 Å². The fourth-order valence-corrected chi connectivity index (χ4v) is 2.33. The summed E-state index contributed by atoms with van der Waals surface area (Å²) in [6.07, 6.45) is 3.65. The van der Waals surface area contributed by atoms with E-state index >= 15 is 0 Å². The Kier molecular flexibility index (Phi) is 4.34. The van der Waals surface area contributed by atoms with E-state index in [-0.39, 0.29) is 11.7 Å². The molecule has 25 heavy (non-hydrogen) atoms. The molecule has 3 heterocycles. The van der Waals surface area contributed by atoms with Crippen molar-refractivity contribution in [1.82, 2.24) is 14.7 Å². The highest BCUT2D eigenvalue weighted by molar-refractivity contribution is 5.91. The first kappa shape index (κ1) is 16.8. The van der Waals surface area contributed by atoms with Crippen LogP contribution in [0.25, 0.3) is 5.65 Å². The molecular weight excluding hydrogens is 318 g/mol. The van der Waals surface area contributed by atoms with Gasteiger partial charge >= 0.3 is 0 Å². The van der Waals surface area contributed by atoms with Crippen LogP contribution in [-0.4, -0.2) is 26.0 Å². The zero-order valence-electron chi connectivity index (χ0n) is 14.3. The maximum Gasteiger partial charge on any atom is 0.287 e. The van der Waals surface area contributed by atoms with Crippen LogP contribution in [0.4, 0.5) is 0 Å². The maximum absolute atomic E-state index is 12.2. The first-order valence-electron chi connectivity index (χ1n) is 7.89. The number of carbonyl (C=O) groups excluding carboxylic acids is 1. The minimum absolute atomic E-state index is 0.171. The van der Waals surface area contributed by atoms with Crippen molar-refractivity contribution in [3.05, 3.63) is 59.4 Å². The molecule has 0 spiro atoms. The quantitative estimate of drug-likeness (QED) is 0.719. The van der Waals surface area contributed by atoms with Gasteiger partial charge in [0.25, 0.3) is 5.91 Å². The molecule has 1 amide bonds. The fourth-order valence-electron chi connectivity index (χ4n) is 2.33. The first-order valence-corrected chi connectivity index (χ1v) is 7.89. The second kappa shape index (κ2) is 6.46. The summed E-state index contributed by atoms with van der Waals surface area (Å²) in [5.74, 6) is 5.51. The van der Waals surface area contributed by atoms with E-state index in [9.17, 15) is 9.90 Å². The number of aromatic nitrogens is 2. The summed E-state index contributed by atoms with van der Waals surface area (Å²) in [7, 11) is 0. The molecule has 0 aliphatic carbocycles. The highest BCUT2D eigenvalue weighted by atomic mass is 16.3. The molecule has 0 saturated heterocycles. The summed E-state index contributed by atoms with van der Waals surface area (Å²) in [6, 6.07) is 7.09. The molecule has 0 bridgehead atoms. The van der Waals surface area contributed by atoms with Crippen molar-refractivity contribution in [2.75, 3.05) is 0 Å². The Balaban J connectivity index is 1.69. The molecule has 0 saturated carbocycles. The van der Waals surface area contributed by atoms with E-state index < -0.39 is 5.60 Å². The second-order valence-corrected chi connectivity index (χ2v) is 6.29. The molecule has 0 atom stereocenters. The lowest BCUT2D eigenvalue weighted by atomic mass is 10.1. The fraction of sp³-hybridized carbons (Fsp3) is 0.263. The van der Waals surface area contributed by atoms with Gasteiger partial charge in [0.1, 0.15) is 11.2 Å². The summed E-state index contributed by atoms with van der Waals surface area (Å²) in [6.45, 7) is 5.47. The Morgan fingerprint density at radius 1 is 1.40 bits per heavy atom. The SMILES string of the molecule is Cc1cccn2c(CNC(=O)c3ccc(C#CC(C)(C)O)o3)cnc12. The summed E-state index contributed by atoms with van der Waals surface area (Å²) in [5.41, 5.74) is 1.70. The van der Waals surface area contributed by atoms with E-state index in [0.717, 1.165) is 16.9 Å². The zero-order chi connectivity index (χ0) is 18.0. The van der Waals surface area contributed by atoms with Gasteiger partial charge in [0.2, 0.25) is 0 Å². The Labute approximate surface area is 145 Å². The lowest BCUT2D eigenvalue weighted by Crippen LogP contribution is -2.23. The van der Waals surface area contributed by atoms with Crippen LogP contribution in [-0.2, 0) is 6.54 Å². The standard InChI is InChI=1S/C19H19N3O3/c1-13-5-4-10-22-14(11-20-17(13)22)12-21-18(23)16-7-6-15(25-16)8-9-19(2,3)24/h4-7,10-11,24H,12H2,1-3H3,(H,21,23). The van der Waals surface area contributed by atoms with Gasteiger partial charge in [0, 0.05) is 6.20 Å². The van der Waals surface area contributed by atoms with Crippen LogP contribution >= 0.6 is 0 Å². The minimum Gasteiger partial charge on any atom is -0.443 e. The number of furan rings is 1. The molecule has 0 radical (unpaired) electrons. The third-order valence-electron chi connectivity index (χ3n) is 3.56. The molecule has 3 aromatic rings. The van der Waals surface area contributed by atoms with Crippen LogP contribution in [0.1, 0.15) is 41.4 Å². The van der Waals surface area contributed by atoms with Crippen molar-refractivity contribution in [2.24, 2.45) is 0 Å². The maximum atomic E-state index is 12.2. The number of aryl methyl sites for hydroxylation is 1. The lowest BCUT2D eigenvalue weighted by molar-refractivity contribution is 0.0922. The third kappa shape index (κ3) is 3.90. The summed E-state index contributed by atoms with van der Waals surface area (Å²) in [4.78, 5) is 16.6. The van der Waals surface area contributed by atoms with Crippen LogP contribution < -0.4 is 5.32 Å².